The molecular weight excluding hydrogens is 226 g/mol. The van der Waals surface area contributed by atoms with E-state index in [4.69, 9.17) is 4.74 Å². The molecule has 1 aromatic carbocycles. The van der Waals surface area contributed by atoms with Crippen molar-refractivity contribution < 1.29 is 9.53 Å². The summed E-state index contributed by atoms with van der Waals surface area (Å²) in [6, 6.07) is 8.47. The first-order chi connectivity index (χ1) is 8.79. The van der Waals surface area contributed by atoms with Gasteiger partial charge in [0.2, 0.25) is 0 Å². The van der Waals surface area contributed by atoms with Crippen LogP contribution in [0.1, 0.15) is 48.8 Å². The van der Waals surface area contributed by atoms with Crippen LogP contribution in [-0.4, -0.2) is 19.1 Å². The predicted octanol–water partition coefficient (Wildman–Crippen LogP) is 2.53. The van der Waals surface area contributed by atoms with Crippen molar-refractivity contribution in [2.24, 2.45) is 0 Å². The Morgan fingerprint density at radius 3 is 2.61 bits per heavy atom. The molecular formula is C15H19NO2. The fraction of sp³-hybridized carbons (Fsp3) is 0.533. The molecule has 2 aliphatic carbocycles. The van der Waals surface area contributed by atoms with Gasteiger partial charge in [-0.2, -0.15) is 0 Å². The van der Waals surface area contributed by atoms with Crippen LogP contribution in [-0.2, 0) is 9.53 Å². The van der Waals surface area contributed by atoms with Gasteiger partial charge in [0.15, 0.2) is 0 Å². The zero-order valence-electron chi connectivity index (χ0n) is 10.7. The zero-order chi connectivity index (χ0) is 12.5. The normalized spacial score (nSPS) is 20.5. The van der Waals surface area contributed by atoms with Crippen LogP contribution in [0, 0.1) is 0 Å². The van der Waals surface area contributed by atoms with Crippen molar-refractivity contribution in [3.8, 4) is 0 Å². The molecule has 0 spiro atoms. The summed E-state index contributed by atoms with van der Waals surface area (Å²) in [5.41, 5.74) is 2.43. The Morgan fingerprint density at radius 1 is 1.28 bits per heavy atom. The molecule has 2 saturated carbocycles. The fourth-order valence-corrected chi connectivity index (χ4v) is 2.43. The molecule has 0 aromatic heterocycles. The summed E-state index contributed by atoms with van der Waals surface area (Å²) in [4.78, 5) is 12.0. The number of methoxy groups -OCH3 is 1. The minimum absolute atomic E-state index is 0.171. The fourth-order valence-electron chi connectivity index (χ4n) is 2.43. The first-order valence-corrected chi connectivity index (χ1v) is 6.72. The lowest BCUT2D eigenvalue weighted by Gasteiger charge is -2.19. The van der Waals surface area contributed by atoms with E-state index in [0.29, 0.717) is 12.0 Å². The monoisotopic (exact) mass is 245 g/mol. The van der Waals surface area contributed by atoms with Crippen molar-refractivity contribution in [2.45, 2.75) is 43.7 Å². The third kappa shape index (κ3) is 2.41. The van der Waals surface area contributed by atoms with Crippen LogP contribution in [0.15, 0.2) is 24.3 Å². The number of hydrogen-bond donors (Lipinski definition) is 1. The largest absolute Gasteiger partial charge is 0.468 e. The van der Waals surface area contributed by atoms with E-state index in [1.807, 2.05) is 6.07 Å². The van der Waals surface area contributed by atoms with Gasteiger partial charge in [0.25, 0.3) is 0 Å². The van der Waals surface area contributed by atoms with Gasteiger partial charge in [-0.05, 0) is 42.7 Å². The highest BCUT2D eigenvalue weighted by Gasteiger charge is 2.34. The molecule has 2 aliphatic rings. The topological polar surface area (TPSA) is 38.3 Å². The Balaban J connectivity index is 1.89. The van der Waals surface area contributed by atoms with E-state index in [1.165, 1.54) is 38.4 Å². The van der Waals surface area contributed by atoms with Crippen molar-refractivity contribution in [3.05, 3.63) is 35.4 Å². The van der Waals surface area contributed by atoms with Crippen molar-refractivity contribution in [1.29, 1.82) is 0 Å². The molecule has 1 N–H and O–H groups in total. The highest BCUT2D eigenvalue weighted by molar-refractivity contribution is 5.78. The number of hydrogen-bond acceptors (Lipinski definition) is 3. The molecule has 0 bridgehead atoms. The molecule has 2 fully saturated rings. The van der Waals surface area contributed by atoms with Gasteiger partial charge < -0.3 is 4.74 Å². The minimum Gasteiger partial charge on any atom is -0.468 e. The molecule has 1 atom stereocenters. The molecule has 1 aromatic rings. The highest BCUT2D eigenvalue weighted by Crippen LogP contribution is 2.43. The van der Waals surface area contributed by atoms with Crippen molar-refractivity contribution in [3.63, 3.8) is 0 Å². The lowest BCUT2D eigenvalue weighted by Crippen LogP contribution is -2.31. The molecule has 0 aliphatic heterocycles. The van der Waals surface area contributed by atoms with Gasteiger partial charge in [-0.1, -0.05) is 24.3 Å². The van der Waals surface area contributed by atoms with Crippen LogP contribution < -0.4 is 5.32 Å². The van der Waals surface area contributed by atoms with Gasteiger partial charge in [0.05, 0.1) is 7.11 Å². The van der Waals surface area contributed by atoms with Gasteiger partial charge in [0, 0.05) is 6.04 Å². The summed E-state index contributed by atoms with van der Waals surface area (Å²) in [6.07, 6.45) is 4.82. The second-order valence-electron chi connectivity index (χ2n) is 5.30. The second kappa shape index (κ2) is 4.73. The van der Waals surface area contributed by atoms with E-state index in [0.717, 1.165) is 5.56 Å². The van der Waals surface area contributed by atoms with Crippen molar-refractivity contribution >= 4 is 5.97 Å². The Morgan fingerprint density at radius 2 is 2.00 bits per heavy atom. The van der Waals surface area contributed by atoms with Gasteiger partial charge in [-0.25, -0.2) is 4.79 Å². The average Bonchev–Trinajstić information content (AvgIpc) is 3.29. The second-order valence-corrected chi connectivity index (χ2v) is 5.30. The number of carbonyl (C=O) groups excluding carboxylic acids is 1. The Bertz CT molecular complexity index is 450. The predicted molar refractivity (Wildman–Crippen MR) is 69.3 cm³/mol. The van der Waals surface area contributed by atoms with Gasteiger partial charge in [-0.15, -0.1) is 0 Å². The van der Waals surface area contributed by atoms with E-state index >= 15 is 0 Å². The molecule has 0 amide bonds. The maximum absolute atomic E-state index is 12.0. The van der Waals surface area contributed by atoms with Crippen LogP contribution in [0.25, 0.3) is 0 Å². The van der Waals surface area contributed by atoms with E-state index in [1.54, 1.807) is 0 Å². The minimum atomic E-state index is -0.292. The molecule has 0 heterocycles. The smallest absolute Gasteiger partial charge is 0.327 e. The van der Waals surface area contributed by atoms with Crippen LogP contribution in [0.3, 0.4) is 0 Å². The van der Waals surface area contributed by atoms with Gasteiger partial charge in [-0.3, -0.25) is 5.32 Å². The van der Waals surface area contributed by atoms with Crippen LogP contribution in [0.4, 0.5) is 0 Å². The number of benzene rings is 1. The molecule has 96 valence electrons. The third-order valence-electron chi connectivity index (χ3n) is 3.74. The Hall–Kier alpha value is -1.35. The molecule has 3 nitrogen and oxygen atoms in total. The molecule has 3 heteroatoms. The van der Waals surface area contributed by atoms with E-state index in [9.17, 15) is 4.79 Å². The average molecular weight is 245 g/mol. The first-order valence-electron chi connectivity index (χ1n) is 6.72. The van der Waals surface area contributed by atoms with Gasteiger partial charge in [0.1, 0.15) is 6.04 Å². The maximum Gasteiger partial charge on any atom is 0.327 e. The molecule has 3 rings (SSSR count). The highest BCUT2D eigenvalue weighted by atomic mass is 16.5. The lowest BCUT2D eigenvalue weighted by molar-refractivity contribution is -0.143. The molecule has 18 heavy (non-hydrogen) atoms. The number of ether oxygens (including phenoxy) is 1. The SMILES string of the molecule is COC(=O)C(NC1CC1)c1ccccc1C1CC1. The molecule has 1 unspecified atom stereocenters. The summed E-state index contributed by atoms with van der Waals surface area (Å²) in [6.45, 7) is 0. The molecule has 0 radical (unpaired) electrons. The molecule has 0 saturated heterocycles. The van der Waals surface area contributed by atoms with E-state index in [2.05, 4.69) is 23.5 Å². The number of rotatable bonds is 5. The number of carbonyl (C=O) groups is 1. The van der Waals surface area contributed by atoms with Crippen molar-refractivity contribution in [2.75, 3.05) is 7.11 Å². The number of esters is 1. The van der Waals surface area contributed by atoms with Crippen LogP contribution in [0.2, 0.25) is 0 Å². The Kier molecular flexibility index (Phi) is 3.08. The zero-order valence-corrected chi connectivity index (χ0v) is 10.7. The van der Waals surface area contributed by atoms with Crippen LogP contribution >= 0.6 is 0 Å². The Labute approximate surface area is 108 Å². The van der Waals surface area contributed by atoms with Crippen LogP contribution in [0.5, 0.6) is 0 Å². The standard InChI is InChI=1S/C15H19NO2/c1-18-15(17)14(16-11-8-9-11)13-5-3-2-4-12(13)10-6-7-10/h2-5,10-11,14,16H,6-9H2,1H3. The summed E-state index contributed by atoms with van der Waals surface area (Å²) >= 11 is 0. The summed E-state index contributed by atoms with van der Waals surface area (Å²) in [5.74, 6) is 0.476. The number of nitrogens with one attached hydrogen (secondary N) is 1. The van der Waals surface area contributed by atoms with Gasteiger partial charge >= 0.3 is 5.97 Å². The third-order valence-corrected chi connectivity index (χ3v) is 3.74. The van der Waals surface area contributed by atoms with Crippen molar-refractivity contribution in [1.82, 2.24) is 5.32 Å². The lowest BCUT2D eigenvalue weighted by atomic mass is 9.97. The van der Waals surface area contributed by atoms with E-state index in [-0.39, 0.29) is 12.0 Å². The van der Waals surface area contributed by atoms with E-state index < -0.39 is 0 Å². The maximum atomic E-state index is 12.0. The summed E-state index contributed by atoms with van der Waals surface area (Å²) < 4.78 is 4.95. The quantitative estimate of drug-likeness (QED) is 0.810. The summed E-state index contributed by atoms with van der Waals surface area (Å²) in [5, 5.41) is 3.41. The first kappa shape index (κ1) is 11.7. The summed E-state index contributed by atoms with van der Waals surface area (Å²) in [7, 11) is 1.46.